The fourth-order valence-corrected chi connectivity index (χ4v) is 3.12. The van der Waals surface area contributed by atoms with E-state index in [1.165, 1.54) is 24.9 Å². The van der Waals surface area contributed by atoms with Crippen LogP contribution in [0.3, 0.4) is 0 Å². The smallest absolute Gasteiger partial charge is 0.226 e. The molecule has 1 amide bonds. The van der Waals surface area contributed by atoms with Crippen LogP contribution in [0.15, 0.2) is 24.3 Å². The molecule has 1 aromatic carbocycles. The van der Waals surface area contributed by atoms with Gasteiger partial charge >= 0.3 is 0 Å². The molecule has 3 rings (SSSR count). The maximum Gasteiger partial charge on any atom is 0.226 e. The highest BCUT2D eigenvalue weighted by Crippen LogP contribution is 2.22. The van der Waals surface area contributed by atoms with Crippen molar-refractivity contribution in [1.82, 2.24) is 0 Å². The summed E-state index contributed by atoms with van der Waals surface area (Å²) in [5, 5.41) is 2.97. The summed E-state index contributed by atoms with van der Waals surface area (Å²) < 4.78 is 5.61. The van der Waals surface area contributed by atoms with Crippen LogP contribution in [0.4, 0.5) is 11.4 Å². The van der Waals surface area contributed by atoms with Crippen molar-refractivity contribution in [1.29, 1.82) is 0 Å². The highest BCUT2D eigenvalue weighted by atomic mass is 16.5. The number of hydrogen-bond acceptors (Lipinski definition) is 3. The van der Waals surface area contributed by atoms with E-state index in [0.29, 0.717) is 6.42 Å². The monoisotopic (exact) mass is 288 g/mol. The van der Waals surface area contributed by atoms with E-state index in [1.54, 1.807) is 0 Å². The first kappa shape index (κ1) is 14.4. The summed E-state index contributed by atoms with van der Waals surface area (Å²) in [6.07, 6.45) is 6.41. The summed E-state index contributed by atoms with van der Waals surface area (Å²) in [6, 6.07) is 8.18. The molecule has 4 nitrogen and oxygen atoms in total. The van der Waals surface area contributed by atoms with Crippen LogP contribution in [0.1, 0.15) is 38.5 Å². The van der Waals surface area contributed by atoms with Gasteiger partial charge in [-0.1, -0.05) is 0 Å². The Kier molecular flexibility index (Phi) is 4.76. The summed E-state index contributed by atoms with van der Waals surface area (Å²) in [7, 11) is 0. The molecule has 0 radical (unpaired) electrons. The summed E-state index contributed by atoms with van der Waals surface area (Å²) in [4.78, 5) is 14.4. The van der Waals surface area contributed by atoms with Crippen LogP contribution >= 0.6 is 0 Å². The third-order valence-electron chi connectivity index (χ3n) is 4.31. The van der Waals surface area contributed by atoms with Crippen molar-refractivity contribution < 1.29 is 9.53 Å². The van der Waals surface area contributed by atoms with Gasteiger partial charge in [0.2, 0.25) is 5.91 Å². The Bertz CT molecular complexity index is 460. The molecule has 2 fully saturated rings. The molecular weight excluding hydrogens is 264 g/mol. The SMILES string of the molecule is O=C(CC1CCCCO1)Nc1ccc(N2CCCC2)cc1. The van der Waals surface area contributed by atoms with Crippen molar-refractivity contribution >= 4 is 17.3 Å². The molecule has 0 saturated carbocycles. The van der Waals surface area contributed by atoms with Gasteiger partial charge < -0.3 is 15.0 Å². The highest BCUT2D eigenvalue weighted by Gasteiger charge is 2.18. The van der Waals surface area contributed by atoms with Crippen molar-refractivity contribution in [2.24, 2.45) is 0 Å². The Hall–Kier alpha value is -1.55. The van der Waals surface area contributed by atoms with Gasteiger partial charge in [-0.3, -0.25) is 4.79 Å². The lowest BCUT2D eigenvalue weighted by molar-refractivity contribution is -0.119. The topological polar surface area (TPSA) is 41.6 Å². The average molecular weight is 288 g/mol. The summed E-state index contributed by atoms with van der Waals surface area (Å²) in [5.74, 6) is 0.0517. The van der Waals surface area contributed by atoms with E-state index < -0.39 is 0 Å². The normalized spacial score (nSPS) is 22.3. The Morgan fingerprint density at radius 1 is 1.14 bits per heavy atom. The summed E-state index contributed by atoms with van der Waals surface area (Å²) in [6.45, 7) is 3.08. The number of hydrogen-bond donors (Lipinski definition) is 1. The zero-order chi connectivity index (χ0) is 14.5. The second-order valence-corrected chi connectivity index (χ2v) is 5.98. The van der Waals surface area contributed by atoms with Crippen LogP contribution in [0.5, 0.6) is 0 Å². The number of carbonyl (C=O) groups is 1. The van der Waals surface area contributed by atoms with Gasteiger partial charge in [0, 0.05) is 31.1 Å². The van der Waals surface area contributed by atoms with Crippen molar-refractivity contribution in [2.75, 3.05) is 29.9 Å². The molecule has 0 aromatic heterocycles. The Morgan fingerprint density at radius 2 is 1.90 bits per heavy atom. The van der Waals surface area contributed by atoms with Gasteiger partial charge in [-0.15, -0.1) is 0 Å². The highest BCUT2D eigenvalue weighted by molar-refractivity contribution is 5.91. The van der Waals surface area contributed by atoms with Gasteiger partial charge in [-0.2, -0.15) is 0 Å². The van der Waals surface area contributed by atoms with Gasteiger partial charge in [-0.25, -0.2) is 0 Å². The number of carbonyl (C=O) groups excluding carboxylic acids is 1. The molecule has 1 N–H and O–H groups in total. The lowest BCUT2D eigenvalue weighted by Crippen LogP contribution is -2.25. The first-order valence-electron chi connectivity index (χ1n) is 8.08. The second kappa shape index (κ2) is 6.94. The number of amides is 1. The van der Waals surface area contributed by atoms with Crippen LogP contribution in [-0.2, 0) is 9.53 Å². The predicted octanol–water partition coefficient (Wildman–Crippen LogP) is 3.18. The zero-order valence-electron chi connectivity index (χ0n) is 12.5. The quantitative estimate of drug-likeness (QED) is 0.925. The molecule has 0 bridgehead atoms. The van der Waals surface area contributed by atoms with E-state index >= 15 is 0 Å². The van der Waals surface area contributed by atoms with Crippen molar-refractivity contribution in [3.05, 3.63) is 24.3 Å². The molecule has 1 atom stereocenters. The molecule has 2 saturated heterocycles. The lowest BCUT2D eigenvalue weighted by Gasteiger charge is -2.22. The zero-order valence-corrected chi connectivity index (χ0v) is 12.5. The van der Waals surface area contributed by atoms with E-state index in [0.717, 1.165) is 38.2 Å². The van der Waals surface area contributed by atoms with Gasteiger partial charge in [0.15, 0.2) is 0 Å². The van der Waals surface area contributed by atoms with Gasteiger partial charge in [0.25, 0.3) is 0 Å². The van der Waals surface area contributed by atoms with Gasteiger partial charge in [0.05, 0.1) is 12.5 Å². The number of rotatable bonds is 4. The molecule has 2 heterocycles. The number of anilines is 2. The molecule has 114 valence electrons. The number of nitrogens with one attached hydrogen (secondary N) is 1. The maximum atomic E-state index is 12.0. The van der Waals surface area contributed by atoms with E-state index in [1.807, 2.05) is 12.1 Å². The number of benzene rings is 1. The summed E-state index contributed by atoms with van der Waals surface area (Å²) in [5.41, 5.74) is 2.12. The predicted molar refractivity (Wildman–Crippen MR) is 84.7 cm³/mol. The minimum Gasteiger partial charge on any atom is -0.378 e. The molecule has 21 heavy (non-hydrogen) atoms. The minimum absolute atomic E-state index is 0.0517. The van der Waals surface area contributed by atoms with Crippen LogP contribution in [-0.4, -0.2) is 31.7 Å². The van der Waals surface area contributed by atoms with Crippen molar-refractivity contribution in [2.45, 2.75) is 44.6 Å². The van der Waals surface area contributed by atoms with Gasteiger partial charge in [0.1, 0.15) is 0 Å². The third kappa shape index (κ3) is 3.97. The fourth-order valence-electron chi connectivity index (χ4n) is 3.12. The summed E-state index contributed by atoms with van der Waals surface area (Å²) >= 11 is 0. The number of ether oxygens (including phenoxy) is 1. The Labute approximate surface area is 126 Å². The van der Waals surface area contributed by atoms with E-state index in [2.05, 4.69) is 22.3 Å². The molecule has 4 heteroatoms. The lowest BCUT2D eigenvalue weighted by atomic mass is 10.1. The van der Waals surface area contributed by atoms with E-state index in [-0.39, 0.29) is 12.0 Å². The van der Waals surface area contributed by atoms with E-state index in [9.17, 15) is 4.79 Å². The Morgan fingerprint density at radius 3 is 2.57 bits per heavy atom. The molecular formula is C17H24N2O2. The van der Waals surface area contributed by atoms with Gasteiger partial charge in [-0.05, 0) is 56.4 Å². The standard InChI is InChI=1S/C17H24N2O2/c20-17(13-16-5-1-4-12-21-16)18-14-6-8-15(9-7-14)19-10-2-3-11-19/h6-9,16H,1-5,10-13H2,(H,18,20). The van der Waals surface area contributed by atoms with Crippen LogP contribution < -0.4 is 10.2 Å². The molecule has 1 aromatic rings. The van der Waals surface area contributed by atoms with Crippen LogP contribution in [0.2, 0.25) is 0 Å². The van der Waals surface area contributed by atoms with E-state index in [4.69, 9.17) is 4.74 Å². The molecule has 2 aliphatic rings. The second-order valence-electron chi connectivity index (χ2n) is 5.98. The van der Waals surface area contributed by atoms with Crippen LogP contribution in [0.25, 0.3) is 0 Å². The maximum absolute atomic E-state index is 12.0. The van der Waals surface area contributed by atoms with Crippen LogP contribution in [0, 0.1) is 0 Å². The first-order chi connectivity index (χ1) is 10.3. The molecule has 0 aliphatic carbocycles. The van der Waals surface area contributed by atoms with Crippen molar-refractivity contribution in [3.63, 3.8) is 0 Å². The largest absolute Gasteiger partial charge is 0.378 e. The number of nitrogens with zero attached hydrogens (tertiary/aromatic N) is 1. The Balaban J connectivity index is 1.50. The molecule has 2 aliphatic heterocycles. The third-order valence-corrected chi connectivity index (χ3v) is 4.31. The van der Waals surface area contributed by atoms with Crippen molar-refractivity contribution in [3.8, 4) is 0 Å². The fraction of sp³-hybridized carbons (Fsp3) is 0.588. The minimum atomic E-state index is 0.0517. The molecule has 1 unspecified atom stereocenters. The molecule has 0 spiro atoms. The first-order valence-corrected chi connectivity index (χ1v) is 8.08. The average Bonchev–Trinajstić information content (AvgIpc) is 3.03.